The number of nitrogens with zero attached hydrogens (tertiary/aromatic N) is 3. The Morgan fingerprint density at radius 1 is 1.18 bits per heavy atom. The summed E-state index contributed by atoms with van der Waals surface area (Å²) in [5.74, 6) is -0.0713. The van der Waals surface area contributed by atoms with Crippen molar-refractivity contribution in [2.75, 3.05) is 0 Å². The molecule has 0 aliphatic heterocycles. The summed E-state index contributed by atoms with van der Waals surface area (Å²) >= 11 is 5.91. The summed E-state index contributed by atoms with van der Waals surface area (Å²) in [6, 6.07) is 13.7. The van der Waals surface area contributed by atoms with Crippen molar-refractivity contribution in [1.29, 1.82) is 0 Å². The average molecular weight is 314 g/mol. The van der Waals surface area contributed by atoms with Crippen molar-refractivity contribution >= 4 is 17.4 Å². The van der Waals surface area contributed by atoms with Gasteiger partial charge in [-0.05, 0) is 18.2 Å². The number of phenolic OH excluding ortho intramolecular Hbond substituents is 1. The van der Waals surface area contributed by atoms with Gasteiger partial charge in [0.2, 0.25) is 5.78 Å². The molecule has 0 unspecified atom stereocenters. The van der Waals surface area contributed by atoms with Crippen molar-refractivity contribution in [3.8, 4) is 5.75 Å². The third-order valence-electron chi connectivity index (χ3n) is 3.18. The smallest absolute Gasteiger partial charge is 0.214 e. The van der Waals surface area contributed by atoms with Crippen LogP contribution in [0.15, 0.2) is 54.7 Å². The number of hydrogen-bond donors (Lipinski definition) is 1. The Hall–Kier alpha value is -2.66. The van der Waals surface area contributed by atoms with Crippen LogP contribution in [0.4, 0.5) is 0 Å². The number of rotatable bonds is 4. The minimum Gasteiger partial charge on any atom is -0.508 e. The lowest BCUT2D eigenvalue weighted by Gasteiger charge is -2.04. The summed E-state index contributed by atoms with van der Waals surface area (Å²) in [4.78, 5) is 12.2. The van der Waals surface area contributed by atoms with Crippen LogP contribution in [-0.2, 0) is 6.54 Å². The molecule has 1 heterocycles. The topological polar surface area (TPSA) is 68.0 Å². The molecule has 0 aliphatic rings. The van der Waals surface area contributed by atoms with E-state index in [4.69, 9.17) is 11.6 Å². The Labute approximate surface area is 131 Å². The molecule has 1 aromatic heterocycles. The van der Waals surface area contributed by atoms with Gasteiger partial charge in [-0.1, -0.05) is 47.1 Å². The molecule has 0 spiro atoms. The first-order chi connectivity index (χ1) is 10.6. The molecule has 0 aliphatic carbocycles. The van der Waals surface area contributed by atoms with Crippen LogP contribution in [-0.4, -0.2) is 25.9 Å². The summed E-state index contributed by atoms with van der Waals surface area (Å²) in [5, 5.41) is 18.1. The quantitative estimate of drug-likeness (QED) is 0.752. The monoisotopic (exact) mass is 313 g/mol. The Balaban J connectivity index is 1.82. The molecule has 110 valence electrons. The van der Waals surface area contributed by atoms with E-state index in [1.54, 1.807) is 42.6 Å². The Morgan fingerprint density at radius 2 is 1.95 bits per heavy atom. The highest BCUT2D eigenvalue weighted by Gasteiger charge is 2.13. The molecule has 0 bridgehead atoms. The first kappa shape index (κ1) is 14.3. The number of hydrogen-bond acceptors (Lipinski definition) is 4. The molecule has 0 saturated carbocycles. The zero-order valence-electron chi connectivity index (χ0n) is 11.5. The Bertz CT molecular complexity index is 815. The number of halogens is 1. The third kappa shape index (κ3) is 2.99. The van der Waals surface area contributed by atoms with Crippen LogP contribution < -0.4 is 0 Å². The van der Waals surface area contributed by atoms with Gasteiger partial charge in [-0.3, -0.25) is 4.79 Å². The molecule has 0 atom stereocenters. The molecule has 1 N–H and O–H groups in total. The lowest BCUT2D eigenvalue weighted by atomic mass is 10.1. The van der Waals surface area contributed by atoms with E-state index in [0.717, 1.165) is 0 Å². The summed E-state index contributed by atoms with van der Waals surface area (Å²) in [5.41, 5.74) is 1.42. The molecule has 0 fully saturated rings. The van der Waals surface area contributed by atoms with Gasteiger partial charge in [0.25, 0.3) is 0 Å². The summed E-state index contributed by atoms with van der Waals surface area (Å²) in [7, 11) is 0. The van der Waals surface area contributed by atoms with Gasteiger partial charge < -0.3 is 5.11 Å². The SMILES string of the molecule is O=C(c1ccccc1)c1cn(Cc2cc(Cl)ccc2O)nn1. The standard InChI is InChI=1S/C16H12ClN3O2/c17-13-6-7-15(21)12(8-13)9-20-10-14(18-19-20)16(22)11-4-2-1-3-5-11/h1-8,10,21H,9H2. The van der Waals surface area contributed by atoms with E-state index in [9.17, 15) is 9.90 Å². The number of carbonyl (C=O) groups is 1. The third-order valence-corrected chi connectivity index (χ3v) is 3.42. The molecule has 0 saturated heterocycles. The molecule has 2 aromatic carbocycles. The maximum absolute atomic E-state index is 12.2. The first-order valence-electron chi connectivity index (χ1n) is 6.61. The van der Waals surface area contributed by atoms with Gasteiger partial charge in [0, 0.05) is 16.1 Å². The molecular weight excluding hydrogens is 302 g/mol. The lowest BCUT2D eigenvalue weighted by Crippen LogP contribution is -2.02. The lowest BCUT2D eigenvalue weighted by molar-refractivity contribution is 0.103. The molecule has 6 heteroatoms. The molecule has 5 nitrogen and oxygen atoms in total. The fourth-order valence-electron chi connectivity index (χ4n) is 2.07. The zero-order chi connectivity index (χ0) is 15.5. The maximum Gasteiger partial charge on any atom is 0.214 e. The zero-order valence-corrected chi connectivity index (χ0v) is 12.2. The normalized spacial score (nSPS) is 10.6. The van der Waals surface area contributed by atoms with Gasteiger partial charge in [0.15, 0.2) is 5.69 Å². The fourth-order valence-corrected chi connectivity index (χ4v) is 2.27. The van der Waals surface area contributed by atoms with Crippen LogP contribution in [0.25, 0.3) is 0 Å². The van der Waals surface area contributed by atoms with Crippen molar-refractivity contribution in [1.82, 2.24) is 15.0 Å². The second-order valence-corrected chi connectivity index (χ2v) is 5.21. The van der Waals surface area contributed by atoms with E-state index >= 15 is 0 Å². The largest absolute Gasteiger partial charge is 0.508 e. The summed E-state index contributed by atoms with van der Waals surface area (Å²) < 4.78 is 1.49. The Morgan fingerprint density at radius 3 is 2.73 bits per heavy atom. The minimum absolute atomic E-state index is 0.121. The number of benzene rings is 2. The van der Waals surface area contributed by atoms with Gasteiger partial charge >= 0.3 is 0 Å². The second kappa shape index (κ2) is 5.99. The Kier molecular flexibility index (Phi) is 3.89. The van der Waals surface area contributed by atoms with Crippen LogP contribution in [0.1, 0.15) is 21.6 Å². The maximum atomic E-state index is 12.2. The highest BCUT2D eigenvalue weighted by Crippen LogP contribution is 2.22. The van der Waals surface area contributed by atoms with E-state index < -0.39 is 0 Å². The number of aromatic nitrogens is 3. The van der Waals surface area contributed by atoms with E-state index in [1.807, 2.05) is 6.07 Å². The molecule has 22 heavy (non-hydrogen) atoms. The number of ketones is 1. The highest BCUT2D eigenvalue weighted by atomic mass is 35.5. The average Bonchev–Trinajstić information content (AvgIpc) is 2.99. The van der Waals surface area contributed by atoms with Gasteiger partial charge in [-0.2, -0.15) is 0 Å². The fraction of sp³-hybridized carbons (Fsp3) is 0.0625. The molecule has 0 radical (unpaired) electrons. The second-order valence-electron chi connectivity index (χ2n) is 4.77. The van der Waals surface area contributed by atoms with Crippen LogP contribution in [0.2, 0.25) is 5.02 Å². The highest BCUT2D eigenvalue weighted by molar-refractivity contribution is 6.30. The van der Waals surface area contributed by atoms with Crippen molar-refractivity contribution in [2.45, 2.75) is 6.54 Å². The molecular formula is C16H12ClN3O2. The van der Waals surface area contributed by atoms with Gasteiger partial charge in [-0.15, -0.1) is 5.10 Å². The minimum atomic E-state index is -0.192. The predicted molar refractivity (Wildman–Crippen MR) is 82.1 cm³/mol. The van der Waals surface area contributed by atoms with Crippen LogP contribution in [0.3, 0.4) is 0 Å². The van der Waals surface area contributed by atoms with Crippen molar-refractivity contribution in [3.63, 3.8) is 0 Å². The van der Waals surface area contributed by atoms with Crippen LogP contribution >= 0.6 is 11.6 Å². The van der Waals surface area contributed by atoms with E-state index in [-0.39, 0.29) is 23.8 Å². The number of aromatic hydroxyl groups is 1. The van der Waals surface area contributed by atoms with Crippen molar-refractivity contribution in [3.05, 3.63) is 76.6 Å². The van der Waals surface area contributed by atoms with E-state index in [1.165, 1.54) is 10.7 Å². The van der Waals surface area contributed by atoms with Crippen LogP contribution in [0.5, 0.6) is 5.75 Å². The van der Waals surface area contributed by atoms with Crippen molar-refractivity contribution < 1.29 is 9.90 Å². The summed E-state index contributed by atoms with van der Waals surface area (Å²) in [6.45, 7) is 0.279. The van der Waals surface area contributed by atoms with Gasteiger partial charge in [0.1, 0.15) is 5.75 Å². The van der Waals surface area contributed by atoms with Crippen molar-refractivity contribution in [2.24, 2.45) is 0 Å². The molecule has 3 rings (SSSR count). The summed E-state index contributed by atoms with van der Waals surface area (Å²) in [6.07, 6.45) is 1.55. The van der Waals surface area contributed by atoms with E-state index in [0.29, 0.717) is 16.1 Å². The predicted octanol–water partition coefficient (Wildman–Crippen LogP) is 2.92. The number of phenols is 1. The van der Waals surface area contributed by atoms with Crippen LogP contribution in [0, 0.1) is 0 Å². The molecule has 3 aromatic rings. The number of carbonyl (C=O) groups excluding carboxylic acids is 1. The van der Waals surface area contributed by atoms with Gasteiger partial charge in [-0.25, -0.2) is 4.68 Å². The first-order valence-corrected chi connectivity index (χ1v) is 6.98. The van der Waals surface area contributed by atoms with E-state index in [2.05, 4.69) is 10.3 Å². The van der Waals surface area contributed by atoms with Gasteiger partial charge in [0.05, 0.1) is 12.7 Å². The molecule has 0 amide bonds.